The van der Waals surface area contributed by atoms with Crippen molar-refractivity contribution in [1.82, 2.24) is 4.90 Å². The Morgan fingerprint density at radius 2 is 1.65 bits per heavy atom. The molecule has 0 fully saturated rings. The molecule has 1 N–H and O–H groups in total. The summed E-state index contributed by atoms with van der Waals surface area (Å²) in [6.45, 7) is 10.5. The molecule has 2 amide bonds. The number of carbonyl (C=O) groups excluding carboxylic acids is 2. The number of methoxy groups -OCH3 is 1. The molecule has 182 valence electrons. The largest absolute Gasteiger partial charge is 0.495 e. The van der Waals surface area contributed by atoms with Crippen molar-refractivity contribution in [3.05, 3.63) is 59.3 Å². The number of benzene rings is 2. The third-order valence-corrected chi connectivity index (χ3v) is 5.27. The zero-order chi connectivity index (χ0) is 24.8. The summed E-state index contributed by atoms with van der Waals surface area (Å²) in [7, 11) is 1.57. The van der Waals surface area contributed by atoms with Crippen LogP contribution in [0.5, 0.6) is 11.5 Å². The Hall–Kier alpha value is -3.32. The first-order chi connectivity index (χ1) is 16.2. The lowest BCUT2D eigenvalue weighted by Gasteiger charge is -2.16. The van der Waals surface area contributed by atoms with Gasteiger partial charge in [0.25, 0.3) is 11.8 Å². The van der Waals surface area contributed by atoms with Gasteiger partial charge in [0, 0.05) is 13.2 Å². The van der Waals surface area contributed by atoms with Crippen LogP contribution in [-0.4, -0.2) is 49.2 Å². The van der Waals surface area contributed by atoms with Crippen molar-refractivity contribution in [2.75, 3.05) is 25.6 Å². The van der Waals surface area contributed by atoms with Crippen LogP contribution in [0.3, 0.4) is 0 Å². The van der Waals surface area contributed by atoms with Crippen LogP contribution < -0.4 is 14.8 Å². The average Bonchev–Trinajstić information content (AvgIpc) is 3.01. The fraction of sp³-hybridized carbons (Fsp3) is 0.407. The lowest BCUT2D eigenvalue weighted by molar-refractivity contribution is -0.137. The van der Waals surface area contributed by atoms with Gasteiger partial charge in [0.1, 0.15) is 17.2 Å². The number of aryl methyl sites for hydroxylation is 1. The molecule has 0 saturated carbocycles. The van der Waals surface area contributed by atoms with Crippen LogP contribution in [0.4, 0.5) is 5.69 Å². The molecule has 1 aliphatic rings. The van der Waals surface area contributed by atoms with Gasteiger partial charge in [0.05, 0.1) is 30.6 Å². The Morgan fingerprint density at radius 3 is 2.26 bits per heavy atom. The molecule has 0 aromatic heterocycles. The van der Waals surface area contributed by atoms with E-state index in [4.69, 9.17) is 14.2 Å². The van der Waals surface area contributed by atoms with Crippen molar-refractivity contribution in [1.29, 1.82) is 0 Å². The van der Waals surface area contributed by atoms with E-state index in [1.54, 1.807) is 19.2 Å². The number of anilines is 1. The van der Waals surface area contributed by atoms with Gasteiger partial charge in [-0.15, -0.1) is 0 Å². The number of amides is 2. The molecule has 1 aliphatic heterocycles. The molecule has 0 spiro atoms. The smallest absolute Gasteiger partial charge is 0.278 e. The fourth-order valence-corrected chi connectivity index (χ4v) is 3.73. The highest BCUT2D eigenvalue weighted by molar-refractivity contribution is 6.36. The number of hydrogen-bond donors (Lipinski definition) is 1. The molecular weight excluding hydrogens is 432 g/mol. The van der Waals surface area contributed by atoms with Gasteiger partial charge in [-0.1, -0.05) is 18.2 Å². The first-order valence-corrected chi connectivity index (χ1v) is 11.6. The highest BCUT2D eigenvalue weighted by Gasteiger charge is 2.39. The number of imide groups is 1. The van der Waals surface area contributed by atoms with Crippen LogP contribution in [0.1, 0.15) is 45.2 Å². The molecule has 0 aliphatic carbocycles. The molecule has 2 aromatic rings. The summed E-state index contributed by atoms with van der Waals surface area (Å²) in [5.41, 5.74) is 2.83. The zero-order valence-electron chi connectivity index (χ0n) is 20.8. The van der Waals surface area contributed by atoms with Crippen molar-refractivity contribution in [3.63, 3.8) is 0 Å². The van der Waals surface area contributed by atoms with Crippen LogP contribution in [-0.2, 0) is 14.3 Å². The third kappa shape index (κ3) is 5.97. The minimum Gasteiger partial charge on any atom is -0.495 e. The molecule has 7 nitrogen and oxygen atoms in total. The number of nitrogens with one attached hydrogen (secondary N) is 1. The van der Waals surface area contributed by atoms with E-state index in [0.29, 0.717) is 41.4 Å². The summed E-state index contributed by atoms with van der Waals surface area (Å²) in [4.78, 5) is 28.1. The van der Waals surface area contributed by atoms with Gasteiger partial charge in [-0.05, 0) is 76.4 Å². The second-order valence-corrected chi connectivity index (χ2v) is 8.80. The van der Waals surface area contributed by atoms with Crippen molar-refractivity contribution in [2.45, 2.75) is 53.2 Å². The first-order valence-electron chi connectivity index (χ1n) is 11.6. The quantitative estimate of drug-likeness (QED) is 0.379. The standard InChI is InChI=1S/C27H34N2O5/c1-17(2)33-15-7-14-29-26(30)24(20-9-11-21(12-10-20)34-18(3)4)25(27(29)31)28-22-16-19(5)8-13-23(22)32-6/h8-13,16-18,28H,7,14-15H2,1-6H3. The maximum absolute atomic E-state index is 13.4. The van der Waals surface area contributed by atoms with Gasteiger partial charge in [-0.2, -0.15) is 0 Å². The minimum absolute atomic E-state index is 0.0364. The number of carbonyl (C=O) groups is 2. The van der Waals surface area contributed by atoms with Crippen molar-refractivity contribution < 1.29 is 23.8 Å². The van der Waals surface area contributed by atoms with Crippen LogP contribution in [0.2, 0.25) is 0 Å². The fourth-order valence-electron chi connectivity index (χ4n) is 3.73. The highest BCUT2D eigenvalue weighted by atomic mass is 16.5. The monoisotopic (exact) mass is 466 g/mol. The van der Waals surface area contributed by atoms with Gasteiger partial charge in [0.2, 0.25) is 0 Å². The highest BCUT2D eigenvalue weighted by Crippen LogP contribution is 2.34. The van der Waals surface area contributed by atoms with Crippen LogP contribution in [0.25, 0.3) is 5.57 Å². The molecule has 2 aromatic carbocycles. The Morgan fingerprint density at radius 1 is 0.941 bits per heavy atom. The molecule has 7 heteroatoms. The second-order valence-electron chi connectivity index (χ2n) is 8.80. The van der Waals surface area contributed by atoms with Crippen LogP contribution >= 0.6 is 0 Å². The molecule has 34 heavy (non-hydrogen) atoms. The molecule has 0 unspecified atom stereocenters. The molecule has 0 atom stereocenters. The summed E-state index contributed by atoms with van der Waals surface area (Å²) in [5.74, 6) is 0.590. The van der Waals surface area contributed by atoms with E-state index in [1.807, 2.05) is 65.0 Å². The lowest BCUT2D eigenvalue weighted by Crippen LogP contribution is -2.34. The molecule has 0 radical (unpaired) electrons. The normalized spacial score (nSPS) is 13.9. The van der Waals surface area contributed by atoms with Crippen molar-refractivity contribution in [3.8, 4) is 11.5 Å². The van der Waals surface area contributed by atoms with E-state index in [1.165, 1.54) is 4.90 Å². The van der Waals surface area contributed by atoms with Gasteiger partial charge in [-0.25, -0.2) is 0 Å². The van der Waals surface area contributed by atoms with E-state index >= 15 is 0 Å². The number of rotatable bonds is 11. The predicted molar refractivity (Wildman–Crippen MR) is 133 cm³/mol. The van der Waals surface area contributed by atoms with E-state index < -0.39 is 0 Å². The predicted octanol–water partition coefficient (Wildman–Crippen LogP) is 4.80. The number of ether oxygens (including phenoxy) is 3. The topological polar surface area (TPSA) is 77.1 Å². The SMILES string of the molecule is COc1ccc(C)cc1NC1=C(c2ccc(OC(C)C)cc2)C(=O)N(CCCOC(C)C)C1=O. The van der Waals surface area contributed by atoms with Gasteiger partial charge >= 0.3 is 0 Å². The molecule has 1 heterocycles. The zero-order valence-corrected chi connectivity index (χ0v) is 20.8. The Labute approximate surface area is 201 Å². The van der Waals surface area contributed by atoms with Gasteiger partial charge in [-0.3, -0.25) is 14.5 Å². The van der Waals surface area contributed by atoms with E-state index in [2.05, 4.69) is 5.32 Å². The summed E-state index contributed by atoms with van der Waals surface area (Å²) >= 11 is 0. The molecule has 0 saturated heterocycles. The van der Waals surface area contributed by atoms with E-state index in [0.717, 1.165) is 5.56 Å². The molecule has 0 bridgehead atoms. The van der Waals surface area contributed by atoms with E-state index in [9.17, 15) is 9.59 Å². The number of hydrogen-bond acceptors (Lipinski definition) is 6. The molecule has 3 rings (SSSR count). The van der Waals surface area contributed by atoms with Gasteiger partial charge in [0.15, 0.2) is 0 Å². The summed E-state index contributed by atoms with van der Waals surface area (Å²) in [5, 5.41) is 3.20. The van der Waals surface area contributed by atoms with Crippen molar-refractivity contribution >= 4 is 23.1 Å². The Bertz CT molecular complexity index is 1060. The molecular formula is C27H34N2O5. The van der Waals surface area contributed by atoms with Crippen LogP contribution in [0, 0.1) is 6.92 Å². The number of nitrogens with zero attached hydrogens (tertiary/aromatic N) is 1. The minimum atomic E-state index is -0.365. The maximum atomic E-state index is 13.4. The van der Waals surface area contributed by atoms with Crippen molar-refractivity contribution in [2.24, 2.45) is 0 Å². The third-order valence-electron chi connectivity index (χ3n) is 5.27. The second kappa shape index (κ2) is 11.2. The first kappa shape index (κ1) is 25.3. The summed E-state index contributed by atoms with van der Waals surface area (Å²) in [6.07, 6.45) is 0.691. The van der Waals surface area contributed by atoms with Gasteiger partial charge < -0.3 is 19.5 Å². The Balaban J connectivity index is 1.96. The maximum Gasteiger partial charge on any atom is 0.278 e. The van der Waals surface area contributed by atoms with Crippen LogP contribution in [0.15, 0.2) is 48.2 Å². The summed E-state index contributed by atoms with van der Waals surface area (Å²) in [6, 6.07) is 12.9. The Kier molecular flexibility index (Phi) is 8.34. The summed E-state index contributed by atoms with van der Waals surface area (Å²) < 4.78 is 16.8. The average molecular weight is 467 g/mol. The van der Waals surface area contributed by atoms with E-state index in [-0.39, 0.29) is 36.3 Å². The lowest BCUT2D eigenvalue weighted by atomic mass is 10.0.